The fourth-order valence-electron chi connectivity index (χ4n) is 4.44. The van der Waals surface area contributed by atoms with E-state index in [-0.39, 0.29) is 30.3 Å². The quantitative estimate of drug-likeness (QED) is 0.841. The second-order valence-corrected chi connectivity index (χ2v) is 8.23. The Kier molecular flexibility index (Phi) is 5.09. The molecule has 3 heterocycles. The number of aromatic nitrogens is 2. The molecule has 0 saturated carbocycles. The molecule has 1 atom stereocenters. The van der Waals surface area contributed by atoms with E-state index in [0.29, 0.717) is 29.9 Å². The number of carbonyl (C=O) groups excluding carboxylic acids is 3. The van der Waals surface area contributed by atoms with Gasteiger partial charge in [-0.15, -0.1) is 0 Å². The first-order chi connectivity index (χ1) is 14.3. The van der Waals surface area contributed by atoms with E-state index < -0.39 is 6.04 Å². The smallest absolute Gasteiger partial charge is 0.256 e. The standard InChI is InChI=1S/C22H27N5O3/c1-13(2)27-15(4)20(14(3)24-27)23-19(28)12-26-17-9-6-5-8-16(17)21(29)25-11-7-10-18(25)22(26)30/h5-6,8-9,13,18H,7,10-12H2,1-4H3,(H,23,28)/t18-/m0/s1. The van der Waals surface area contributed by atoms with Crippen LogP contribution in [0.15, 0.2) is 24.3 Å². The topological polar surface area (TPSA) is 87.5 Å². The van der Waals surface area contributed by atoms with E-state index >= 15 is 0 Å². The monoisotopic (exact) mass is 409 g/mol. The van der Waals surface area contributed by atoms with Gasteiger partial charge in [-0.3, -0.25) is 19.1 Å². The van der Waals surface area contributed by atoms with Crippen LogP contribution in [0.3, 0.4) is 0 Å². The van der Waals surface area contributed by atoms with Crippen LogP contribution in [0.4, 0.5) is 11.4 Å². The van der Waals surface area contributed by atoms with E-state index in [0.717, 1.165) is 17.8 Å². The van der Waals surface area contributed by atoms with E-state index in [1.165, 1.54) is 4.90 Å². The SMILES string of the molecule is Cc1nn(C(C)C)c(C)c1NC(=O)CN1C(=O)[C@@H]2CCCN2C(=O)c2ccccc21. The first-order valence-corrected chi connectivity index (χ1v) is 10.4. The molecule has 158 valence electrons. The first-order valence-electron chi connectivity index (χ1n) is 10.4. The van der Waals surface area contributed by atoms with Crippen LogP contribution in [0, 0.1) is 13.8 Å². The Morgan fingerprint density at radius 1 is 1.23 bits per heavy atom. The van der Waals surface area contributed by atoms with Gasteiger partial charge in [0.15, 0.2) is 0 Å². The molecule has 4 rings (SSSR count). The van der Waals surface area contributed by atoms with Crippen LogP contribution in [-0.2, 0) is 9.59 Å². The lowest BCUT2D eigenvalue weighted by molar-refractivity contribution is -0.124. The maximum absolute atomic E-state index is 13.3. The molecule has 0 unspecified atom stereocenters. The summed E-state index contributed by atoms with van der Waals surface area (Å²) in [5.74, 6) is -0.659. The number of fused-ring (bicyclic) bond motifs is 2. The van der Waals surface area contributed by atoms with Crippen molar-refractivity contribution in [3.63, 3.8) is 0 Å². The number of para-hydroxylation sites is 1. The number of aryl methyl sites for hydroxylation is 1. The summed E-state index contributed by atoms with van der Waals surface area (Å²) in [6.07, 6.45) is 1.41. The third kappa shape index (κ3) is 3.26. The molecule has 8 nitrogen and oxygen atoms in total. The zero-order valence-electron chi connectivity index (χ0n) is 17.8. The molecule has 2 aliphatic heterocycles. The minimum Gasteiger partial charge on any atom is -0.327 e. The highest BCUT2D eigenvalue weighted by Crippen LogP contribution is 2.32. The van der Waals surface area contributed by atoms with Crippen molar-refractivity contribution in [2.24, 2.45) is 0 Å². The largest absolute Gasteiger partial charge is 0.327 e. The Labute approximate surface area is 175 Å². The number of nitrogens with zero attached hydrogens (tertiary/aromatic N) is 4. The lowest BCUT2D eigenvalue weighted by Crippen LogP contribution is -2.47. The summed E-state index contributed by atoms with van der Waals surface area (Å²) in [6, 6.07) is 6.67. The Morgan fingerprint density at radius 3 is 2.67 bits per heavy atom. The molecule has 1 aromatic carbocycles. The highest BCUT2D eigenvalue weighted by molar-refractivity contribution is 6.13. The van der Waals surface area contributed by atoms with Crippen molar-refractivity contribution in [1.82, 2.24) is 14.7 Å². The van der Waals surface area contributed by atoms with Gasteiger partial charge in [-0.2, -0.15) is 5.10 Å². The second-order valence-electron chi connectivity index (χ2n) is 8.23. The van der Waals surface area contributed by atoms with Crippen molar-refractivity contribution in [2.75, 3.05) is 23.3 Å². The van der Waals surface area contributed by atoms with Crippen molar-refractivity contribution in [3.8, 4) is 0 Å². The summed E-state index contributed by atoms with van der Waals surface area (Å²) in [6.45, 7) is 8.24. The van der Waals surface area contributed by atoms with Gasteiger partial charge in [0.2, 0.25) is 11.8 Å². The fourth-order valence-corrected chi connectivity index (χ4v) is 4.44. The van der Waals surface area contributed by atoms with Crippen molar-refractivity contribution >= 4 is 29.1 Å². The fraction of sp³-hybridized carbons (Fsp3) is 0.455. The van der Waals surface area contributed by atoms with Gasteiger partial charge in [0.1, 0.15) is 12.6 Å². The zero-order chi connectivity index (χ0) is 21.6. The molecule has 1 saturated heterocycles. The molecule has 30 heavy (non-hydrogen) atoms. The lowest BCUT2D eigenvalue weighted by atomic mass is 10.1. The first kappa shape index (κ1) is 20.1. The molecule has 0 aliphatic carbocycles. The van der Waals surface area contributed by atoms with Crippen LogP contribution in [0.1, 0.15) is 54.5 Å². The molecule has 2 aromatic rings. The molecular formula is C22H27N5O3. The van der Waals surface area contributed by atoms with Gasteiger partial charge in [0.05, 0.1) is 28.3 Å². The molecule has 1 N–H and O–H groups in total. The number of hydrogen-bond donors (Lipinski definition) is 1. The normalized spacial score (nSPS) is 18.5. The molecular weight excluding hydrogens is 382 g/mol. The molecule has 0 spiro atoms. The minimum absolute atomic E-state index is 0.144. The maximum Gasteiger partial charge on any atom is 0.256 e. The van der Waals surface area contributed by atoms with E-state index in [9.17, 15) is 14.4 Å². The predicted octanol–water partition coefficient (Wildman–Crippen LogP) is 2.67. The van der Waals surface area contributed by atoms with Gasteiger partial charge in [0, 0.05) is 12.6 Å². The van der Waals surface area contributed by atoms with E-state index in [4.69, 9.17) is 0 Å². The van der Waals surface area contributed by atoms with Gasteiger partial charge >= 0.3 is 0 Å². The summed E-state index contributed by atoms with van der Waals surface area (Å²) in [5, 5.41) is 7.43. The van der Waals surface area contributed by atoms with E-state index in [1.807, 2.05) is 32.4 Å². The van der Waals surface area contributed by atoms with E-state index in [2.05, 4.69) is 10.4 Å². The van der Waals surface area contributed by atoms with Gasteiger partial charge in [-0.25, -0.2) is 0 Å². The van der Waals surface area contributed by atoms with Gasteiger partial charge in [-0.1, -0.05) is 12.1 Å². The van der Waals surface area contributed by atoms with Crippen LogP contribution in [0.2, 0.25) is 0 Å². The summed E-state index contributed by atoms with van der Waals surface area (Å²) in [7, 11) is 0. The van der Waals surface area contributed by atoms with Gasteiger partial charge in [-0.05, 0) is 52.7 Å². The zero-order valence-corrected chi connectivity index (χ0v) is 17.8. The van der Waals surface area contributed by atoms with Crippen molar-refractivity contribution < 1.29 is 14.4 Å². The predicted molar refractivity (Wildman–Crippen MR) is 114 cm³/mol. The molecule has 3 amide bonds. The number of benzene rings is 1. The molecule has 8 heteroatoms. The summed E-state index contributed by atoms with van der Waals surface area (Å²) < 4.78 is 1.87. The number of rotatable bonds is 4. The number of anilines is 2. The Hall–Kier alpha value is -3.16. The third-order valence-corrected chi connectivity index (χ3v) is 5.87. The van der Waals surface area contributed by atoms with Crippen molar-refractivity contribution in [2.45, 2.75) is 52.6 Å². The summed E-state index contributed by atoms with van der Waals surface area (Å²) >= 11 is 0. The summed E-state index contributed by atoms with van der Waals surface area (Å²) in [5.41, 5.74) is 3.22. The number of carbonyl (C=O) groups is 3. The average molecular weight is 409 g/mol. The van der Waals surface area contributed by atoms with Crippen molar-refractivity contribution in [3.05, 3.63) is 41.2 Å². The van der Waals surface area contributed by atoms with E-state index in [1.54, 1.807) is 29.2 Å². The van der Waals surface area contributed by atoms with Gasteiger partial charge < -0.3 is 15.1 Å². The third-order valence-electron chi connectivity index (χ3n) is 5.87. The number of nitrogens with one attached hydrogen (secondary N) is 1. The molecule has 0 bridgehead atoms. The Morgan fingerprint density at radius 2 is 1.97 bits per heavy atom. The molecule has 0 radical (unpaired) electrons. The number of hydrogen-bond acceptors (Lipinski definition) is 4. The van der Waals surface area contributed by atoms with Crippen LogP contribution in [0.25, 0.3) is 0 Å². The second kappa shape index (κ2) is 7.59. The average Bonchev–Trinajstić information content (AvgIpc) is 3.29. The molecule has 1 fully saturated rings. The molecule has 1 aromatic heterocycles. The Balaban J connectivity index is 1.63. The Bertz CT molecular complexity index is 1030. The molecule has 2 aliphatic rings. The maximum atomic E-state index is 13.3. The lowest BCUT2D eigenvalue weighted by Gasteiger charge is -2.25. The van der Waals surface area contributed by atoms with Crippen LogP contribution in [0.5, 0.6) is 0 Å². The highest BCUT2D eigenvalue weighted by atomic mass is 16.2. The van der Waals surface area contributed by atoms with Crippen LogP contribution >= 0.6 is 0 Å². The minimum atomic E-state index is -0.509. The van der Waals surface area contributed by atoms with Crippen LogP contribution < -0.4 is 10.2 Å². The van der Waals surface area contributed by atoms with Crippen LogP contribution in [-0.4, -0.2) is 51.5 Å². The highest BCUT2D eigenvalue weighted by Gasteiger charge is 2.42. The van der Waals surface area contributed by atoms with Crippen molar-refractivity contribution in [1.29, 1.82) is 0 Å². The van der Waals surface area contributed by atoms with Gasteiger partial charge in [0.25, 0.3) is 5.91 Å². The summed E-state index contributed by atoms with van der Waals surface area (Å²) in [4.78, 5) is 42.3. The number of amides is 3.